The molecule has 1 atom stereocenters. The lowest BCUT2D eigenvalue weighted by Gasteiger charge is -2.36. The van der Waals surface area contributed by atoms with Gasteiger partial charge in [-0.25, -0.2) is 0 Å². The molecule has 1 aliphatic rings. The zero-order valence-electron chi connectivity index (χ0n) is 13.6. The highest BCUT2D eigenvalue weighted by molar-refractivity contribution is 6.35. The average Bonchev–Trinajstić information content (AvgIpc) is 2.50. The van der Waals surface area contributed by atoms with E-state index in [0.29, 0.717) is 5.02 Å². The van der Waals surface area contributed by atoms with Gasteiger partial charge in [0.15, 0.2) is 0 Å². The predicted molar refractivity (Wildman–Crippen MR) is 98.7 cm³/mol. The molecule has 122 valence electrons. The highest BCUT2D eigenvalue weighted by Gasteiger charge is 2.26. The van der Waals surface area contributed by atoms with Crippen molar-refractivity contribution in [2.24, 2.45) is 0 Å². The molecular weight excluding hydrogens is 327 g/mol. The van der Waals surface area contributed by atoms with E-state index >= 15 is 0 Å². The Morgan fingerprint density at radius 3 is 2.22 bits per heavy atom. The molecule has 1 unspecified atom stereocenters. The van der Waals surface area contributed by atoms with E-state index in [0.717, 1.165) is 36.8 Å². The van der Waals surface area contributed by atoms with E-state index in [4.69, 9.17) is 23.2 Å². The van der Waals surface area contributed by atoms with Gasteiger partial charge < -0.3 is 5.32 Å². The Morgan fingerprint density at radius 2 is 1.61 bits per heavy atom. The zero-order valence-corrected chi connectivity index (χ0v) is 15.1. The molecule has 0 radical (unpaired) electrons. The summed E-state index contributed by atoms with van der Waals surface area (Å²) >= 11 is 12.6. The van der Waals surface area contributed by atoms with Crippen LogP contribution < -0.4 is 5.32 Å². The van der Waals surface area contributed by atoms with Crippen LogP contribution in [0, 0.1) is 13.8 Å². The van der Waals surface area contributed by atoms with E-state index in [9.17, 15) is 0 Å². The van der Waals surface area contributed by atoms with E-state index in [1.807, 2.05) is 12.1 Å². The lowest BCUT2D eigenvalue weighted by molar-refractivity contribution is 0.198. The minimum absolute atomic E-state index is 0.167. The fourth-order valence-corrected chi connectivity index (χ4v) is 3.93. The Hall–Kier alpha value is -1.06. The second kappa shape index (κ2) is 7.23. The van der Waals surface area contributed by atoms with Gasteiger partial charge in [-0.1, -0.05) is 58.6 Å². The Balaban J connectivity index is 2.09. The van der Waals surface area contributed by atoms with E-state index in [-0.39, 0.29) is 6.04 Å². The number of aryl methyl sites for hydroxylation is 2. The van der Waals surface area contributed by atoms with Crippen LogP contribution in [0.4, 0.5) is 0 Å². The molecule has 1 aliphatic heterocycles. The summed E-state index contributed by atoms with van der Waals surface area (Å²) in [5.41, 5.74) is 4.99. The van der Waals surface area contributed by atoms with Crippen molar-refractivity contribution >= 4 is 23.2 Å². The topological polar surface area (TPSA) is 15.3 Å². The monoisotopic (exact) mass is 348 g/mol. The molecule has 1 N–H and O–H groups in total. The third-order valence-electron chi connectivity index (χ3n) is 4.33. The quantitative estimate of drug-likeness (QED) is 0.871. The van der Waals surface area contributed by atoms with Crippen molar-refractivity contribution in [3.05, 3.63) is 68.7 Å². The number of piperazine rings is 1. The van der Waals surface area contributed by atoms with Crippen molar-refractivity contribution in [1.29, 1.82) is 0 Å². The maximum Gasteiger partial charge on any atom is 0.0617 e. The number of nitrogens with zero attached hydrogens (tertiary/aromatic N) is 1. The van der Waals surface area contributed by atoms with Crippen molar-refractivity contribution in [1.82, 2.24) is 10.2 Å². The molecule has 0 bridgehead atoms. The van der Waals surface area contributed by atoms with Crippen LogP contribution in [0.15, 0.2) is 36.4 Å². The summed E-state index contributed by atoms with van der Waals surface area (Å²) in [5.74, 6) is 0. The number of benzene rings is 2. The maximum atomic E-state index is 6.55. The summed E-state index contributed by atoms with van der Waals surface area (Å²) in [6, 6.07) is 12.8. The largest absolute Gasteiger partial charge is 0.314 e. The normalized spacial score (nSPS) is 17.2. The molecule has 0 spiro atoms. The molecule has 0 saturated carbocycles. The fourth-order valence-electron chi connectivity index (χ4n) is 3.42. The molecule has 23 heavy (non-hydrogen) atoms. The van der Waals surface area contributed by atoms with Gasteiger partial charge in [0.2, 0.25) is 0 Å². The lowest BCUT2D eigenvalue weighted by atomic mass is 9.93. The van der Waals surface area contributed by atoms with Crippen LogP contribution in [0.25, 0.3) is 0 Å². The van der Waals surface area contributed by atoms with Crippen molar-refractivity contribution in [2.75, 3.05) is 26.2 Å². The third-order valence-corrected chi connectivity index (χ3v) is 4.90. The van der Waals surface area contributed by atoms with Gasteiger partial charge in [0.1, 0.15) is 0 Å². The number of rotatable bonds is 3. The summed E-state index contributed by atoms with van der Waals surface area (Å²) in [4.78, 5) is 2.50. The van der Waals surface area contributed by atoms with Gasteiger partial charge in [0, 0.05) is 36.2 Å². The highest BCUT2D eigenvalue weighted by Crippen LogP contribution is 2.35. The number of hydrogen-bond donors (Lipinski definition) is 1. The number of hydrogen-bond acceptors (Lipinski definition) is 2. The molecule has 0 amide bonds. The van der Waals surface area contributed by atoms with Gasteiger partial charge in [-0.15, -0.1) is 0 Å². The Labute approximate surface area is 148 Å². The van der Waals surface area contributed by atoms with Gasteiger partial charge in [0.25, 0.3) is 0 Å². The average molecular weight is 349 g/mol. The van der Waals surface area contributed by atoms with Crippen molar-refractivity contribution in [3.8, 4) is 0 Å². The minimum atomic E-state index is 0.167. The molecule has 1 heterocycles. The molecule has 3 rings (SSSR count). The molecule has 4 heteroatoms. The summed E-state index contributed by atoms with van der Waals surface area (Å²) in [7, 11) is 0. The fraction of sp³-hybridized carbons (Fsp3) is 0.368. The third kappa shape index (κ3) is 3.89. The molecule has 1 fully saturated rings. The Morgan fingerprint density at radius 1 is 0.957 bits per heavy atom. The first-order valence-electron chi connectivity index (χ1n) is 8.02. The van der Waals surface area contributed by atoms with Crippen molar-refractivity contribution in [2.45, 2.75) is 19.9 Å². The van der Waals surface area contributed by atoms with Crippen LogP contribution >= 0.6 is 23.2 Å². The van der Waals surface area contributed by atoms with Crippen molar-refractivity contribution in [3.63, 3.8) is 0 Å². The van der Waals surface area contributed by atoms with Crippen LogP contribution in [0.1, 0.15) is 28.3 Å². The van der Waals surface area contributed by atoms with Crippen LogP contribution in [0.5, 0.6) is 0 Å². The molecule has 0 aromatic heterocycles. The second-order valence-electron chi connectivity index (χ2n) is 6.28. The van der Waals surface area contributed by atoms with Gasteiger partial charge in [-0.2, -0.15) is 0 Å². The van der Waals surface area contributed by atoms with E-state index < -0.39 is 0 Å². The second-order valence-corrected chi connectivity index (χ2v) is 7.12. The van der Waals surface area contributed by atoms with Crippen LogP contribution in [0.3, 0.4) is 0 Å². The molecular formula is C19H22Cl2N2. The first-order chi connectivity index (χ1) is 11.0. The Bertz CT molecular complexity index is 674. The van der Waals surface area contributed by atoms with Gasteiger partial charge >= 0.3 is 0 Å². The zero-order chi connectivity index (χ0) is 16.4. The molecule has 2 aromatic rings. The van der Waals surface area contributed by atoms with Crippen LogP contribution in [-0.2, 0) is 0 Å². The van der Waals surface area contributed by atoms with E-state index in [1.54, 1.807) is 0 Å². The summed E-state index contributed by atoms with van der Waals surface area (Å²) < 4.78 is 0. The summed E-state index contributed by atoms with van der Waals surface area (Å²) in [5, 5.41) is 4.84. The molecule has 2 aromatic carbocycles. The first-order valence-corrected chi connectivity index (χ1v) is 8.78. The molecule has 0 aliphatic carbocycles. The standard InChI is InChI=1S/C19H22Cl2N2/c1-13-9-14(2)11-15(10-13)19(23-7-5-22-6-8-23)17-4-3-16(20)12-18(17)21/h3-4,9-12,19,22H,5-8H2,1-2H3. The SMILES string of the molecule is Cc1cc(C)cc(C(c2ccc(Cl)cc2Cl)N2CCNCC2)c1. The lowest BCUT2D eigenvalue weighted by Crippen LogP contribution is -2.45. The van der Waals surface area contributed by atoms with Crippen LogP contribution in [-0.4, -0.2) is 31.1 Å². The predicted octanol–water partition coefficient (Wildman–Crippen LogP) is 4.60. The number of nitrogens with one attached hydrogen (secondary N) is 1. The highest BCUT2D eigenvalue weighted by atomic mass is 35.5. The molecule has 1 saturated heterocycles. The smallest absolute Gasteiger partial charge is 0.0617 e. The summed E-state index contributed by atoms with van der Waals surface area (Å²) in [6.45, 7) is 8.33. The first kappa shape index (κ1) is 16.8. The number of halogens is 2. The van der Waals surface area contributed by atoms with Gasteiger partial charge in [-0.05, 0) is 37.1 Å². The Kier molecular flexibility index (Phi) is 5.27. The maximum absolute atomic E-state index is 6.55. The van der Waals surface area contributed by atoms with Gasteiger partial charge in [-0.3, -0.25) is 4.90 Å². The summed E-state index contributed by atoms with van der Waals surface area (Å²) in [6.07, 6.45) is 0. The van der Waals surface area contributed by atoms with Crippen LogP contribution in [0.2, 0.25) is 10.0 Å². The minimum Gasteiger partial charge on any atom is -0.314 e. The van der Waals surface area contributed by atoms with E-state index in [1.165, 1.54) is 16.7 Å². The van der Waals surface area contributed by atoms with E-state index in [2.05, 4.69) is 48.3 Å². The van der Waals surface area contributed by atoms with Crippen molar-refractivity contribution < 1.29 is 0 Å². The molecule has 2 nitrogen and oxygen atoms in total. The van der Waals surface area contributed by atoms with Gasteiger partial charge in [0.05, 0.1) is 6.04 Å².